The van der Waals surface area contributed by atoms with Gasteiger partial charge in [-0.1, -0.05) is 92.2 Å². The van der Waals surface area contributed by atoms with Crippen LogP contribution in [0.2, 0.25) is 6.55 Å². The molecule has 2 atom stereocenters. The van der Waals surface area contributed by atoms with E-state index in [1.807, 2.05) is 0 Å². The fourth-order valence-corrected chi connectivity index (χ4v) is 9.66. The zero-order chi connectivity index (χ0) is 19.8. The van der Waals surface area contributed by atoms with Gasteiger partial charge in [-0.15, -0.1) is 0 Å². The number of allylic oxidation sites excluding steroid dienone is 4. The molecule has 0 radical (unpaired) electrons. The molecule has 1 aliphatic rings. The molecule has 0 aliphatic heterocycles. The van der Waals surface area contributed by atoms with Gasteiger partial charge in [0.25, 0.3) is 0 Å². The van der Waals surface area contributed by atoms with Crippen LogP contribution in [0, 0.1) is 5.92 Å². The minimum Gasteiger partial charge on any atom is -0.0636 e. The van der Waals surface area contributed by atoms with Gasteiger partial charge in [-0.3, -0.25) is 0 Å². The van der Waals surface area contributed by atoms with Crippen molar-refractivity contribution in [3.63, 3.8) is 0 Å². The Labute approximate surface area is 167 Å². The van der Waals surface area contributed by atoms with Crippen LogP contribution in [0.1, 0.15) is 52.7 Å². The zero-order valence-electron chi connectivity index (χ0n) is 18.1. The van der Waals surface area contributed by atoms with Gasteiger partial charge in [-0.25, -0.2) is 0 Å². The summed E-state index contributed by atoms with van der Waals surface area (Å²) in [7, 11) is -2.04. The van der Waals surface area contributed by atoms with Gasteiger partial charge in [0.05, 0.1) is 0 Å². The molecular weight excluding hydrogens is 340 g/mol. The molecule has 0 spiro atoms. The molecule has 27 heavy (non-hydrogen) atoms. The van der Waals surface area contributed by atoms with Gasteiger partial charge in [-0.05, 0) is 66.6 Å². The lowest BCUT2D eigenvalue weighted by molar-refractivity contribution is 0.850. The molecule has 0 N–H and O–H groups in total. The van der Waals surface area contributed by atoms with E-state index in [1.165, 1.54) is 27.5 Å². The fraction of sp³-hybridized carbons (Fsp3) is 0.385. The van der Waals surface area contributed by atoms with Crippen molar-refractivity contribution in [1.29, 1.82) is 0 Å². The van der Waals surface area contributed by atoms with E-state index in [0.717, 1.165) is 12.8 Å². The molecule has 2 aromatic rings. The van der Waals surface area contributed by atoms with Crippen molar-refractivity contribution in [3.05, 3.63) is 81.6 Å². The average Bonchev–Trinajstić information content (AvgIpc) is 2.90. The summed E-state index contributed by atoms with van der Waals surface area (Å²) >= 11 is 0. The molecule has 0 bridgehead atoms. The van der Waals surface area contributed by atoms with Crippen molar-refractivity contribution < 1.29 is 0 Å². The Hall–Kier alpha value is -1.86. The van der Waals surface area contributed by atoms with Crippen LogP contribution in [0.25, 0.3) is 0 Å². The average molecular weight is 375 g/mol. The third-order valence-electron chi connectivity index (χ3n) is 6.98. The Morgan fingerprint density at radius 3 is 1.78 bits per heavy atom. The molecule has 2 unspecified atom stereocenters. The van der Waals surface area contributed by atoms with E-state index in [-0.39, 0.29) is 0 Å². The maximum absolute atomic E-state index is 2.58. The van der Waals surface area contributed by atoms with E-state index < -0.39 is 8.07 Å². The van der Waals surface area contributed by atoms with Gasteiger partial charge in [0, 0.05) is 0 Å². The number of benzene rings is 2. The standard InChI is InChI=1S/C26H34Si/c1-8-22-15-23(9-2)17-25(16-22)27(7,24-13-11-10-12-14-24)26-20(5)18(3)19(4)21(26)6/h10-17,20H,8-9H2,1-7H3. The number of hydrogen-bond acceptors (Lipinski definition) is 0. The van der Waals surface area contributed by atoms with Gasteiger partial charge in [0.1, 0.15) is 8.07 Å². The van der Waals surface area contributed by atoms with E-state index in [0.29, 0.717) is 5.92 Å². The van der Waals surface area contributed by atoms with Crippen LogP contribution in [-0.4, -0.2) is 8.07 Å². The van der Waals surface area contributed by atoms with Crippen LogP contribution in [0.3, 0.4) is 0 Å². The monoisotopic (exact) mass is 374 g/mol. The minimum absolute atomic E-state index is 0.539. The second-order valence-corrected chi connectivity index (χ2v) is 12.2. The van der Waals surface area contributed by atoms with Crippen LogP contribution in [0.5, 0.6) is 0 Å². The maximum atomic E-state index is 2.58. The summed E-state index contributed by atoms with van der Waals surface area (Å²) in [4.78, 5) is 0. The van der Waals surface area contributed by atoms with E-state index in [4.69, 9.17) is 0 Å². The third-order valence-corrected chi connectivity index (χ3v) is 11.8. The predicted molar refractivity (Wildman–Crippen MR) is 123 cm³/mol. The van der Waals surface area contributed by atoms with Crippen molar-refractivity contribution in [3.8, 4) is 0 Å². The molecule has 0 saturated heterocycles. The summed E-state index contributed by atoms with van der Waals surface area (Å²) in [5.74, 6) is 0.539. The van der Waals surface area contributed by atoms with E-state index in [1.54, 1.807) is 16.0 Å². The molecule has 0 heterocycles. The molecule has 0 amide bonds. The second-order valence-electron chi connectivity index (χ2n) is 8.30. The topological polar surface area (TPSA) is 0 Å². The van der Waals surface area contributed by atoms with Crippen molar-refractivity contribution in [2.24, 2.45) is 5.92 Å². The first kappa shape index (κ1) is 19.9. The quantitative estimate of drug-likeness (QED) is 0.576. The highest BCUT2D eigenvalue weighted by Gasteiger charge is 2.42. The zero-order valence-corrected chi connectivity index (χ0v) is 19.1. The first-order valence-corrected chi connectivity index (χ1v) is 12.9. The van der Waals surface area contributed by atoms with Gasteiger partial charge >= 0.3 is 0 Å². The van der Waals surface area contributed by atoms with Crippen LogP contribution < -0.4 is 10.4 Å². The lowest BCUT2D eigenvalue weighted by Crippen LogP contribution is -2.59. The Morgan fingerprint density at radius 1 is 0.778 bits per heavy atom. The fourth-order valence-electron chi connectivity index (χ4n) is 4.88. The lowest BCUT2D eigenvalue weighted by Gasteiger charge is -2.35. The minimum atomic E-state index is -2.04. The van der Waals surface area contributed by atoms with Crippen molar-refractivity contribution in [1.82, 2.24) is 0 Å². The second kappa shape index (κ2) is 7.64. The highest BCUT2D eigenvalue weighted by molar-refractivity contribution is 7.06. The molecule has 0 saturated carbocycles. The van der Waals surface area contributed by atoms with Crippen molar-refractivity contribution in [2.45, 2.75) is 60.9 Å². The number of aryl methyl sites for hydroxylation is 2. The SMILES string of the molecule is CCc1cc(CC)cc([Si](C)(C2=C(C)C(C)=C(C)C2C)c2ccccc2)c1. The molecule has 2 aromatic carbocycles. The normalized spacial score (nSPS) is 19.6. The predicted octanol–water partition coefficient (Wildman–Crippen LogP) is 5.85. The summed E-state index contributed by atoms with van der Waals surface area (Å²) in [6.07, 6.45) is 2.20. The molecule has 1 aliphatic carbocycles. The molecule has 0 fully saturated rings. The van der Waals surface area contributed by atoms with Crippen LogP contribution >= 0.6 is 0 Å². The van der Waals surface area contributed by atoms with Crippen LogP contribution in [0.15, 0.2) is 70.4 Å². The summed E-state index contributed by atoms with van der Waals surface area (Å²) in [5.41, 5.74) is 7.56. The highest BCUT2D eigenvalue weighted by atomic mass is 28.3. The Morgan fingerprint density at radius 2 is 1.33 bits per heavy atom. The Bertz CT molecular complexity index is 879. The molecule has 0 nitrogen and oxygen atoms in total. The van der Waals surface area contributed by atoms with Gasteiger partial charge in [0.2, 0.25) is 0 Å². The van der Waals surface area contributed by atoms with Gasteiger partial charge in [-0.2, -0.15) is 0 Å². The van der Waals surface area contributed by atoms with E-state index in [2.05, 4.69) is 96.6 Å². The van der Waals surface area contributed by atoms with E-state index in [9.17, 15) is 0 Å². The van der Waals surface area contributed by atoms with Gasteiger partial charge in [0.15, 0.2) is 0 Å². The summed E-state index contributed by atoms with van der Waals surface area (Å²) in [6.45, 7) is 16.6. The molecule has 1 heteroatoms. The van der Waals surface area contributed by atoms with Crippen LogP contribution in [0.4, 0.5) is 0 Å². The molecule has 3 rings (SSSR count). The first-order chi connectivity index (χ1) is 12.8. The summed E-state index contributed by atoms with van der Waals surface area (Å²) in [6, 6.07) is 18.7. The van der Waals surface area contributed by atoms with E-state index >= 15 is 0 Å². The molecular formula is C26H34Si. The highest BCUT2D eigenvalue weighted by Crippen LogP contribution is 2.41. The van der Waals surface area contributed by atoms with Crippen LogP contribution in [-0.2, 0) is 12.8 Å². The molecule has 0 aromatic heterocycles. The number of rotatable bonds is 5. The lowest BCUT2D eigenvalue weighted by atomic mass is 10.1. The van der Waals surface area contributed by atoms with Crippen molar-refractivity contribution in [2.75, 3.05) is 0 Å². The van der Waals surface area contributed by atoms with Gasteiger partial charge < -0.3 is 0 Å². The smallest absolute Gasteiger partial charge is 0.0636 e. The molecule has 142 valence electrons. The number of hydrogen-bond donors (Lipinski definition) is 0. The first-order valence-electron chi connectivity index (χ1n) is 10.4. The van der Waals surface area contributed by atoms with Crippen molar-refractivity contribution >= 4 is 18.4 Å². The Kier molecular flexibility index (Phi) is 5.62. The maximum Gasteiger partial charge on any atom is 0.142 e. The Balaban J connectivity index is 2.32. The summed E-state index contributed by atoms with van der Waals surface area (Å²) in [5, 5.41) is 4.82. The third kappa shape index (κ3) is 3.27. The summed E-state index contributed by atoms with van der Waals surface area (Å²) < 4.78 is 0. The largest absolute Gasteiger partial charge is 0.142 e.